The number of rotatable bonds is 4. The maximum absolute atomic E-state index is 12.3. The lowest BCUT2D eigenvalue weighted by molar-refractivity contribution is -0.146. The van der Waals surface area contributed by atoms with Crippen molar-refractivity contribution in [2.24, 2.45) is 23.7 Å². The van der Waals surface area contributed by atoms with E-state index in [0.717, 1.165) is 17.8 Å². The second-order valence-corrected chi connectivity index (χ2v) is 6.24. The Balaban J connectivity index is 1.76. The van der Waals surface area contributed by atoms with Gasteiger partial charge in [0.2, 0.25) is 11.0 Å². The number of nitrogens with one attached hydrogen (secondary N) is 1. The van der Waals surface area contributed by atoms with Gasteiger partial charge in [0, 0.05) is 0 Å². The summed E-state index contributed by atoms with van der Waals surface area (Å²) in [6.07, 6.45) is 5.41. The van der Waals surface area contributed by atoms with E-state index in [1.165, 1.54) is 11.3 Å². The molecule has 1 aromatic heterocycles. The van der Waals surface area contributed by atoms with E-state index >= 15 is 0 Å². The summed E-state index contributed by atoms with van der Waals surface area (Å²) in [5.41, 5.74) is 0. The van der Waals surface area contributed by atoms with E-state index in [-0.39, 0.29) is 17.7 Å². The van der Waals surface area contributed by atoms with Crippen LogP contribution in [0, 0.1) is 23.7 Å². The van der Waals surface area contributed by atoms with Crippen LogP contribution < -0.4 is 5.32 Å². The highest BCUT2D eigenvalue weighted by Crippen LogP contribution is 2.48. The SMILES string of the molecule is CCc1nnc(NC(=O)[C@H]2[C@H](C(=O)O)[C@H]3C=C[C@H]2C3)s1. The number of fused-ring (bicyclic) bond motifs is 2. The monoisotopic (exact) mass is 293 g/mol. The molecule has 2 aliphatic rings. The number of carboxylic acids is 1. The van der Waals surface area contributed by atoms with Crippen molar-refractivity contribution >= 4 is 28.3 Å². The molecule has 3 rings (SSSR count). The van der Waals surface area contributed by atoms with E-state index in [9.17, 15) is 14.7 Å². The van der Waals surface area contributed by atoms with Crippen molar-refractivity contribution in [3.05, 3.63) is 17.2 Å². The number of aromatic nitrogens is 2. The van der Waals surface area contributed by atoms with E-state index in [2.05, 4.69) is 15.5 Å². The lowest BCUT2D eigenvalue weighted by atomic mass is 9.82. The molecule has 1 amide bonds. The molecule has 1 heterocycles. The number of amides is 1. The predicted molar refractivity (Wildman–Crippen MR) is 73.3 cm³/mol. The van der Waals surface area contributed by atoms with E-state index in [1.54, 1.807) is 0 Å². The predicted octanol–water partition coefficient (Wildman–Crippen LogP) is 1.56. The van der Waals surface area contributed by atoms with Crippen molar-refractivity contribution in [3.63, 3.8) is 0 Å². The Morgan fingerprint density at radius 3 is 2.65 bits per heavy atom. The second kappa shape index (κ2) is 4.97. The Morgan fingerprint density at radius 2 is 2.05 bits per heavy atom. The minimum Gasteiger partial charge on any atom is -0.481 e. The summed E-state index contributed by atoms with van der Waals surface area (Å²) in [7, 11) is 0. The molecule has 4 atom stereocenters. The van der Waals surface area contributed by atoms with Gasteiger partial charge < -0.3 is 10.4 Å². The fourth-order valence-electron chi connectivity index (χ4n) is 3.15. The number of allylic oxidation sites excluding steroid dienone is 2. The first-order chi connectivity index (χ1) is 9.60. The number of carbonyl (C=O) groups is 2. The fourth-order valence-corrected chi connectivity index (χ4v) is 3.83. The van der Waals surface area contributed by atoms with Gasteiger partial charge in [0.15, 0.2) is 0 Å². The smallest absolute Gasteiger partial charge is 0.307 e. The first-order valence-corrected chi connectivity index (χ1v) is 7.46. The number of aryl methyl sites for hydroxylation is 1. The molecule has 1 saturated carbocycles. The highest BCUT2D eigenvalue weighted by atomic mass is 32.1. The van der Waals surface area contributed by atoms with Crippen molar-refractivity contribution in [2.45, 2.75) is 19.8 Å². The average Bonchev–Trinajstić information content (AvgIpc) is 3.12. The van der Waals surface area contributed by atoms with Crippen LogP contribution in [0.15, 0.2) is 12.2 Å². The maximum Gasteiger partial charge on any atom is 0.307 e. The minimum absolute atomic E-state index is 0.0196. The molecule has 0 aliphatic heterocycles. The number of carbonyl (C=O) groups excluding carboxylic acids is 1. The zero-order valence-electron chi connectivity index (χ0n) is 10.9. The molecule has 1 fully saturated rings. The van der Waals surface area contributed by atoms with E-state index in [0.29, 0.717) is 5.13 Å². The van der Waals surface area contributed by atoms with Crippen molar-refractivity contribution in [1.82, 2.24) is 10.2 Å². The number of anilines is 1. The average molecular weight is 293 g/mol. The standard InChI is InChI=1S/C13H15N3O3S/c1-2-8-15-16-13(20-8)14-11(17)9-6-3-4-7(5-6)10(9)12(18)19/h3-4,6-7,9-10H,2,5H2,1H3,(H,18,19)(H,14,16,17)/t6-,7-,9+,10+/m0/s1. The topological polar surface area (TPSA) is 92.2 Å². The lowest BCUT2D eigenvalue weighted by Crippen LogP contribution is -2.36. The minimum atomic E-state index is -0.895. The van der Waals surface area contributed by atoms with Crippen LogP contribution >= 0.6 is 11.3 Å². The molecule has 0 aromatic carbocycles. The van der Waals surface area contributed by atoms with Crippen LogP contribution in [-0.2, 0) is 16.0 Å². The molecule has 0 unspecified atom stereocenters. The largest absolute Gasteiger partial charge is 0.481 e. The van der Waals surface area contributed by atoms with Gasteiger partial charge in [0.25, 0.3) is 0 Å². The van der Waals surface area contributed by atoms with Gasteiger partial charge in [-0.2, -0.15) is 0 Å². The van der Waals surface area contributed by atoms with Crippen molar-refractivity contribution in [3.8, 4) is 0 Å². The van der Waals surface area contributed by atoms with E-state index in [4.69, 9.17) is 0 Å². The summed E-state index contributed by atoms with van der Waals surface area (Å²) < 4.78 is 0. The Labute approximate surface area is 119 Å². The molecule has 2 bridgehead atoms. The Hall–Kier alpha value is -1.76. The van der Waals surface area contributed by atoms with Gasteiger partial charge in [-0.3, -0.25) is 9.59 Å². The molecule has 0 spiro atoms. The van der Waals surface area contributed by atoms with Crippen LogP contribution in [0.4, 0.5) is 5.13 Å². The summed E-state index contributed by atoms with van der Waals surface area (Å²) in [5, 5.41) is 21.2. The molecule has 7 heteroatoms. The summed E-state index contributed by atoms with van der Waals surface area (Å²) in [4.78, 5) is 23.7. The molecule has 1 aromatic rings. The van der Waals surface area contributed by atoms with Crippen LogP contribution in [0.2, 0.25) is 0 Å². The van der Waals surface area contributed by atoms with Gasteiger partial charge in [-0.1, -0.05) is 30.4 Å². The zero-order valence-corrected chi connectivity index (χ0v) is 11.8. The molecule has 0 saturated heterocycles. The Bertz CT molecular complexity index is 583. The second-order valence-electron chi connectivity index (χ2n) is 5.18. The molecule has 6 nitrogen and oxygen atoms in total. The van der Waals surface area contributed by atoms with Crippen LogP contribution in [0.3, 0.4) is 0 Å². The fraction of sp³-hybridized carbons (Fsp3) is 0.538. The van der Waals surface area contributed by atoms with Crippen LogP contribution in [0.25, 0.3) is 0 Å². The summed E-state index contributed by atoms with van der Waals surface area (Å²) in [6.45, 7) is 1.97. The quantitative estimate of drug-likeness (QED) is 0.822. The molecular formula is C13H15N3O3S. The third kappa shape index (κ3) is 2.11. The molecule has 106 valence electrons. The molecular weight excluding hydrogens is 278 g/mol. The number of nitrogens with zero attached hydrogens (tertiary/aromatic N) is 2. The number of hydrogen-bond donors (Lipinski definition) is 2. The molecule has 20 heavy (non-hydrogen) atoms. The first-order valence-electron chi connectivity index (χ1n) is 6.64. The van der Waals surface area contributed by atoms with Gasteiger partial charge >= 0.3 is 5.97 Å². The third-order valence-electron chi connectivity index (χ3n) is 4.05. The van der Waals surface area contributed by atoms with E-state index < -0.39 is 17.8 Å². The van der Waals surface area contributed by atoms with Crippen LogP contribution in [0.1, 0.15) is 18.4 Å². The van der Waals surface area contributed by atoms with Gasteiger partial charge in [-0.25, -0.2) is 0 Å². The van der Waals surface area contributed by atoms with Crippen molar-refractivity contribution in [2.75, 3.05) is 5.32 Å². The van der Waals surface area contributed by atoms with Crippen molar-refractivity contribution < 1.29 is 14.7 Å². The van der Waals surface area contributed by atoms with Gasteiger partial charge in [-0.15, -0.1) is 10.2 Å². The van der Waals surface area contributed by atoms with Crippen molar-refractivity contribution in [1.29, 1.82) is 0 Å². The summed E-state index contributed by atoms with van der Waals surface area (Å²) >= 11 is 1.33. The van der Waals surface area contributed by atoms with Gasteiger partial charge in [0.1, 0.15) is 5.01 Å². The normalized spacial score (nSPS) is 30.6. The highest BCUT2D eigenvalue weighted by Gasteiger charge is 2.51. The van der Waals surface area contributed by atoms with Crippen LogP contribution in [0.5, 0.6) is 0 Å². The van der Waals surface area contributed by atoms with Crippen LogP contribution in [-0.4, -0.2) is 27.2 Å². The molecule has 2 N–H and O–H groups in total. The Morgan fingerprint density at radius 1 is 1.35 bits per heavy atom. The third-order valence-corrected chi connectivity index (χ3v) is 5.03. The van der Waals surface area contributed by atoms with Gasteiger partial charge in [-0.05, 0) is 24.7 Å². The zero-order chi connectivity index (χ0) is 14.3. The first kappa shape index (κ1) is 13.2. The summed E-state index contributed by atoms with van der Waals surface area (Å²) in [6, 6.07) is 0. The number of carboxylic acid groups (broad SMARTS) is 1. The Kier molecular flexibility index (Phi) is 3.29. The number of hydrogen-bond acceptors (Lipinski definition) is 5. The number of aliphatic carboxylic acids is 1. The highest BCUT2D eigenvalue weighted by molar-refractivity contribution is 7.15. The summed E-state index contributed by atoms with van der Waals surface area (Å²) in [5.74, 6) is -2.27. The molecule has 2 aliphatic carbocycles. The van der Waals surface area contributed by atoms with Gasteiger partial charge in [0.05, 0.1) is 11.8 Å². The van der Waals surface area contributed by atoms with E-state index in [1.807, 2.05) is 19.1 Å². The maximum atomic E-state index is 12.3. The molecule has 0 radical (unpaired) electrons. The lowest BCUT2D eigenvalue weighted by Gasteiger charge is -2.23.